The van der Waals surface area contributed by atoms with Crippen molar-refractivity contribution in [1.82, 2.24) is 5.32 Å². The van der Waals surface area contributed by atoms with Gasteiger partial charge in [0.2, 0.25) is 11.8 Å². The predicted octanol–water partition coefficient (Wildman–Crippen LogP) is 0.437. The number of nitrogens with one attached hydrogen (secondary N) is 1. The average Bonchev–Trinajstić information content (AvgIpc) is 3.36. The zero-order valence-corrected chi connectivity index (χ0v) is 26.9. The molecule has 4 fully saturated rings. The van der Waals surface area contributed by atoms with E-state index in [4.69, 9.17) is 5.73 Å². The molecule has 15 atom stereocenters. The van der Waals surface area contributed by atoms with Gasteiger partial charge in [-0.25, -0.2) is 0 Å². The molecule has 4 aliphatic carbocycles. The van der Waals surface area contributed by atoms with E-state index in [9.17, 15) is 45.3 Å². The van der Waals surface area contributed by atoms with E-state index in [1.165, 1.54) is 0 Å². The Morgan fingerprint density at radius 1 is 1.00 bits per heavy atom. The molecule has 10 N–H and O–H groups in total. The molecule has 0 aromatic heterocycles. The van der Waals surface area contributed by atoms with Crippen LogP contribution in [0.5, 0.6) is 0 Å². The predicted molar refractivity (Wildman–Crippen MR) is 162 cm³/mol. The van der Waals surface area contributed by atoms with Crippen molar-refractivity contribution >= 4 is 11.8 Å². The Kier molecular flexibility index (Phi) is 10.8. The highest BCUT2D eigenvalue weighted by Gasteiger charge is 2.69. The first-order chi connectivity index (χ1) is 20.6. The van der Waals surface area contributed by atoms with Gasteiger partial charge in [0, 0.05) is 18.9 Å². The molecule has 4 saturated carbocycles. The molecular weight excluding hydrogens is 568 g/mol. The van der Waals surface area contributed by atoms with Crippen molar-refractivity contribution in [3.8, 4) is 0 Å². The fraction of sp³-hybridized carbons (Fsp3) is 0.939. The number of aliphatic hydroxyl groups excluding tert-OH is 6. The second-order valence-corrected chi connectivity index (χ2v) is 15.2. The normalized spacial score (nSPS) is 42.5. The largest absolute Gasteiger partial charge is 0.394 e. The number of nitrogens with two attached hydrogens (primary N) is 1. The van der Waals surface area contributed by atoms with E-state index in [0.717, 1.165) is 38.5 Å². The van der Waals surface area contributed by atoms with E-state index >= 15 is 0 Å². The third-order valence-electron chi connectivity index (χ3n) is 13.3. The molecule has 0 spiro atoms. The zero-order chi connectivity index (χ0) is 32.8. The van der Waals surface area contributed by atoms with E-state index in [1.807, 2.05) is 13.8 Å². The van der Waals surface area contributed by atoms with E-state index < -0.39 is 60.0 Å². The minimum absolute atomic E-state index is 0.0515. The third kappa shape index (κ3) is 5.73. The van der Waals surface area contributed by atoms with Gasteiger partial charge < -0.3 is 46.8 Å². The minimum Gasteiger partial charge on any atom is -0.394 e. The summed E-state index contributed by atoms with van der Waals surface area (Å²) in [5.41, 5.74) is 1.61. The maximum absolute atomic E-state index is 12.4. The molecule has 4 rings (SSSR count). The summed E-state index contributed by atoms with van der Waals surface area (Å²) in [6.07, 6.45) is -1.47. The van der Waals surface area contributed by atoms with Crippen LogP contribution in [0.4, 0.5) is 0 Å². The van der Waals surface area contributed by atoms with Gasteiger partial charge in [-0.05, 0) is 104 Å². The lowest BCUT2D eigenvalue weighted by atomic mass is 9.39. The van der Waals surface area contributed by atoms with E-state index in [2.05, 4.69) is 19.2 Å². The van der Waals surface area contributed by atoms with Crippen molar-refractivity contribution in [3.63, 3.8) is 0 Å². The lowest BCUT2D eigenvalue weighted by Crippen LogP contribution is -2.72. The molecule has 0 aliphatic heterocycles. The van der Waals surface area contributed by atoms with Gasteiger partial charge in [-0.1, -0.05) is 27.7 Å². The topological polar surface area (TPSA) is 214 Å². The quantitative estimate of drug-likeness (QED) is 0.147. The number of hydrogen-bond donors (Lipinski definition) is 9. The van der Waals surface area contributed by atoms with Gasteiger partial charge in [-0.2, -0.15) is 0 Å². The second-order valence-electron chi connectivity index (χ2n) is 15.2. The summed E-state index contributed by atoms with van der Waals surface area (Å²) < 4.78 is 0. The molecule has 2 amide bonds. The van der Waals surface area contributed by atoms with E-state index in [0.29, 0.717) is 25.8 Å². The van der Waals surface area contributed by atoms with Crippen LogP contribution in [-0.2, 0) is 9.59 Å². The summed E-state index contributed by atoms with van der Waals surface area (Å²) >= 11 is 0. The van der Waals surface area contributed by atoms with Gasteiger partial charge in [0.15, 0.2) is 6.10 Å². The maximum Gasteiger partial charge on any atom is 0.249 e. The molecule has 0 aromatic carbocycles. The van der Waals surface area contributed by atoms with Gasteiger partial charge >= 0.3 is 0 Å². The van der Waals surface area contributed by atoms with E-state index in [-0.39, 0.29) is 53.3 Å². The molecular formula is C33H58N2O9. The van der Waals surface area contributed by atoms with Crippen LogP contribution in [0.15, 0.2) is 0 Å². The van der Waals surface area contributed by atoms with Crippen molar-refractivity contribution in [2.75, 3.05) is 13.2 Å². The van der Waals surface area contributed by atoms with Gasteiger partial charge in [-0.3, -0.25) is 9.59 Å². The number of carbonyl (C=O) groups is 2. The van der Waals surface area contributed by atoms with Crippen LogP contribution >= 0.6 is 0 Å². The summed E-state index contributed by atoms with van der Waals surface area (Å²) in [6, 6.07) is 0. The van der Waals surface area contributed by atoms with Crippen molar-refractivity contribution < 1.29 is 45.3 Å². The van der Waals surface area contributed by atoms with Crippen LogP contribution in [0.2, 0.25) is 0 Å². The minimum atomic E-state index is -2.65. The third-order valence-corrected chi connectivity index (χ3v) is 13.3. The fourth-order valence-corrected chi connectivity index (χ4v) is 11.1. The Hall–Kier alpha value is -1.34. The van der Waals surface area contributed by atoms with Crippen LogP contribution in [0.3, 0.4) is 0 Å². The molecule has 254 valence electrons. The average molecular weight is 627 g/mol. The van der Waals surface area contributed by atoms with Crippen LogP contribution in [0, 0.1) is 52.3 Å². The summed E-state index contributed by atoms with van der Waals surface area (Å²) in [6.45, 7) is 8.11. The fourth-order valence-electron chi connectivity index (χ4n) is 11.1. The van der Waals surface area contributed by atoms with Gasteiger partial charge in [0.1, 0.15) is 17.8 Å². The van der Waals surface area contributed by atoms with Crippen molar-refractivity contribution in [3.05, 3.63) is 0 Å². The summed E-state index contributed by atoms with van der Waals surface area (Å²) in [7, 11) is 0. The number of rotatable bonds is 12. The lowest BCUT2D eigenvalue weighted by molar-refractivity contribution is -0.271. The zero-order valence-electron chi connectivity index (χ0n) is 26.9. The SMILES string of the molecule is CCCNC(=O)CC[C@@H](C)[C@H]1CCC2C3CC[C@@H]4C[C@H](O)CC([C@](O)([C@H](O)[C@H](O)CO)[C@@H](O)C(N)=O)[C@]4(C)C3C[C@H](O)[C@@]21C. The van der Waals surface area contributed by atoms with Crippen LogP contribution < -0.4 is 11.1 Å². The van der Waals surface area contributed by atoms with Gasteiger partial charge in [-0.15, -0.1) is 0 Å². The first kappa shape index (κ1) is 35.5. The van der Waals surface area contributed by atoms with Crippen molar-refractivity contribution in [2.24, 2.45) is 58.0 Å². The van der Waals surface area contributed by atoms with Crippen LogP contribution in [0.1, 0.15) is 91.9 Å². The molecule has 0 saturated heterocycles. The van der Waals surface area contributed by atoms with E-state index in [1.54, 1.807) is 0 Å². The standard InChI is InChI=1S/C33H58N2O9/c1-5-12-35-27(40)11-6-17(2)21-9-10-22-20-8-7-18-13-19(37)14-25(31(18,3)23(20)15-26(39)32(21,22)4)33(44,29(42)30(34)43)28(41)24(38)16-36/h17-26,28-29,36-39,41-42,44H,5-16H2,1-4H3,(H2,34,43)(H,35,40)/t17-,18-,19+,20?,21-,22?,23?,24-,25?,26+,28-,29+,31+,32-,33+/m1/s1. The van der Waals surface area contributed by atoms with Crippen LogP contribution in [0.25, 0.3) is 0 Å². The number of hydrogen-bond acceptors (Lipinski definition) is 9. The van der Waals surface area contributed by atoms with Gasteiger partial charge in [0.05, 0.1) is 18.8 Å². The highest BCUT2D eigenvalue weighted by atomic mass is 16.4. The van der Waals surface area contributed by atoms with Crippen LogP contribution in [-0.4, -0.2) is 96.8 Å². The molecule has 11 heteroatoms. The Morgan fingerprint density at radius 2 is 1.68 bits per heavy atom. The smallest absolute Gasteiger partial charge is 0.249 e. The van der Waals surface area contributed by atoms with Crippen molar-refractivity contribution in [2.45, 2.75) is 128 Å². The summed E-state index contributed by atoms with van der Waals surface area (Å²) in [4.78, 5) is 24.7. The Bertz CT molecular complexity index is 1030. The molecule has 4 aliphatic rings. The Morgan fingerprint density at radius 3 is 2.30 bits per heavy atom. The summed E-state index contributed by atoms with van der Waals surface area (Å²) in [5, 5.41) is 80.4. The highest BCUT2D eigenvalue weighted by molar-refractivity contribution is 5.80. The molecule has 0 bridgehead atoms. The molecule has 11 nitrogen and oxygen atoms in total. The molecule has 44 heavy (non-hydrogen) atoms. The first-order valence-corrected chi connectivity index (χ1v) is 16.9. The molecule has 0 radical (unpaired) electrons. The number of primary amides is 1. The highest BCUT2D eigenvalue weighted by Crippen LogP contribution is 2.70. The molecule has 0 aromatic rings. The Labute approximate surface area is 261 Å². The van der Waals surface area contributed by atoms with Gasteiger partial charge in [0.25, 0.3) is 0 Å². The number of carbonyl (C=O) groups excluding carboxylic acids is 2. The maximum atomic E-state index is 12.4. The number of amides is 2. The molecule has 0 heterocycles. The molecule has 4 unspecified atom stereocenters. The number of aliphatic hydroxyl groups is 7. The lowest BCUT2D eigenvalue weighted by Gasteiger charge is -2.66. The first-order valence-electron chi connectivity index (χ1n) is 16.9. The summed E-state index contributed by atoms with van der Waals surface area (Å²) in [5.74, 6) is -1.80. The second kappa shape index (κ2) is 13.4. The monoisotopic (exact) mass is 626 g/mol. The Balaban J connectivity index is 1.68. The number of fused-ring (bicyclic) bond motifs is 5. The van der Waals surface area contributed by atoms with Crippen molar-refractivity contribution in [1.29, 1.82) is 0 Å².